The van der Waals surface area contributed by atoms with Gasteiger partial charge in [0.25, 0.3) is 11.8 Å². The minimum Gasteiger partial charge on any atom is -0.377 e. The molecule has 4 nitrogen and oxygen atoms in total. The highest BCUT2D eigenvalue weighted by Gasteiger charge is 2.24. The summed E-state index contributed by atoms with van der Waals surface area (Å²) in [6.45, 7) is 0. The number of rotatable bonds is 4. The Bertz CT molecular complexity index is 800. The Kier molecular flexibility index (Phi) is 4.29. The van der Waals surface area contributed by atoms with Crippen LogP contribution in [0.5, 0.6) is 0 Å². The highest BCUT2D eigenvalue weighted by Crippen LogP contribution is 2.23. The second-order valence-electron chi connectivity index (χ2n) is 5.73. The quantitative estimate of drug-likeness (QED) is 0.642. The van der Waals surface area contributed by atoms with Crippen molar-refractivity contribution in [2.24, 2.45) is 0 Å². The Morgan fingerprint density at radius 2 is 1.46 bits per heavy atom. The maximum atomic E-state index is 11.7. The van der Waals surface area contributed by atoms with Gasteiger partial charge < -0.3 is 4.90 Å². The second kappa shape index (κ2) is 6.54. The lowest BCUT2D eigenvalue weighted by Crippen LogP contribution is -2.29. The number of nitrogens with zero attached hydrogens (tertiary/aromatic N) is 2. The number of carbonyl (C=O) groups excluding carboxylic acids is 2. The molecule has 3 rings (SSSR count). The molecule has 0 spiro atoms. The van der Waals surface area contributed by atoms with Gasteiger partial charge in [-0.1, -0.05) is 42.5 Å². The third-order valence-corrected chi connectivity index (χ3v) is 3.82. The fourth-order valence-electron chi connectivity index (χ4n) is 2.61. The molecule has 0 aliphatic carbocycles. The first-order chi connectivity index (χ1) is 11.6. The molecular formula is C20H18N2O2. The van der Waals surface area contributed by atoms with E-state index < -0.39 is 0 Å². The summed E-state index contributed by atoms with van der Waals surface area (Å²) < 4.78 is 0. The third-order valence-electron chi connectivity index (χ3n) is 3.82. The highest BCUT2D eigenvalue weighted by atomic mass is 16.2. The number of carbonyl (C=O) groups is 2. The molecule has 0 unspecified atom stereocenters. The summed E-state index contributed by atoms with van der Waals surface area (Å²) in [4.78, 5) is 26.7. The van der Waals surface area contributed by atoms with Gasteiger partial charge in [0.05, 0.1) is 5.69 Å². The largest absolute Gasteiger partial charge is 0.377 e. The van der Waals surface area contributed by atoms with Gasteiger partial charge in [0.2, 0.25) is 0 Å². The van der Waals surface area contributed by atoms with E-state index in [0.717, 1.165) is 21.7 Å². The van der Waals surface area contributed by atoms with Crippen LogP contribution < -0.4 is 4.90 Å². The molecule has 0 saturated heterocycles. The Morgan fingerprint density at radius 3 is 2.00 bits per heavy atom. The van der Waals surface area contributed by atoms with Crippen LogP contribution in [0.3, 0.4) is 0 Å². The van der Waals surface area contributed by atoms with Crippen molar-refractivity contribution >= 4 is 29.3 Å². The van der Waals surface area contributed by atoms with E-state index in [1.165, 1.54) is 12.2 Å². The minimum absolute atomic E-state index is 0.304. The Morgan fingerprint density at radius 1 is 0.875 bits per heavy atom. The molecule has 120 valence electrons. The van der Waals surface area contributed by atoms with E-state index >= 15 is 0 Å². The van der Waals surface area contributed by atoms with Gasteiger partial charge in [-0.3, -0.25) is 9.59 Å². The maximum Gasteiger partial charge on any atom is 0.258 e. The number of benzene rings is 2. The van der Waals surface area contributed by atoms with Crippen molar-refractivity contribution in [3.8, 4) is 0 Å². The summed E-state index contributed by atoms with van der Waals surface area (Å²) in [5.41, 5.74) is 3.79. The number of hydrogen-bond acceptors (Lipinski definition) is 3. The van der Waals surface area contributed by atoms with Crippen LogP contribution in [0.1, 0.15) is 11.1 Å². The number of anilines is 1. The van der Waals surface area contributed by atoms with Crippen LogP contribution in [0.25, 0.3) is 11.8 Å². The van der Waals surface area contributed by atoms with Crippen LogP contribution in [0.2, 0.25) is 0 Å². The Hall–Kier alpha value is -3.14. The third kappa shape index (κ3) is 3.13. The zero-order valence-corrected chi connectivity index (χ0v) is 13.6. The molecule has 0 bridgehead atoms. The average Bonchev–Trinajstić information content (AvgIpc) is 2.92. The molecule has 4 heteroatoms. The molecule has 0 fully saturated rings. The average molecular weight is 318 g/mol. The number of amides is 2. The van der Waals surface area contributed by atoms with Crippen molar-refractivity contribution in [1.82, 2.24) is 4.90 Å². The lowest BCUT2D eigenvalue weighted by atomic mass is 10.1. The first-order valence-electron chi connectivity index (χ1n) is 7.67. The van der Waals surface area contributed by atoms with Crippen molar-refractivity contribution in [2.45, 2.75) is 0 Å². The Balaban J connectivity index is 1.90. The van der Waals surface area contributed by atoms with E-state index in [-0.39, 0.29) is 11.8 Å². The van der Waals surface area contributed by atoms with Crippen LogP contribution in [-0.2, 0) is 9.59 Å². The summed E-state index contributed by atoms with van der Waals surface area (Å²) in [7, 11) is 4.00. The molecule has 0 N–H and O–H groups in total. The van der Waals surface area contributed by atoms with Crippen molar-refractivity contribution in [3.63, 3.8) is 0 Å². The van der Waals surface area contributed by atoms with E-state index in [1.807, 2.05) is 44.4 Å². The topological polar surface area (TPSA) is 40.6 Å². The van der Waals surface area contributed by atoms with Gasteiger partial charge in [0, 0.05) is 31.9 Å². The summed E-state index contributed by atoms with van der Waals surface area (Å²) in [5, 5.41) is 0. The van der Waals surface area contributed by atoms with Gasteiger partial charge in [0.1, 0.15) is 0 Å². The van der Waals surface area contributed by atoms with Gasteiger partial charge in [0.15, 0.2) is 0 Å². The van der Waals surface area contributed by atoms with E-state index in [9.17, 15) is 9.59 Å². The highest BCUT2D eigenvalue weighted by molar-refractivity contribution is 6.28. The first-order valence-corrected chi connectivity index (χ1v) is 7.67. The van der Waals surface area contributed by atoms with Crippen LogP contribution in [0.4, 0.5) is 5.69 Å². The molecule has 1 aliphatic heterocycles. The summed E-state index contributed by atoms with van der Waals surface area (Å²) in [6.07, 6.45) is 4.65. The van der Waals surface area contributed by atoms with Crippen molar-refractivity contribution in [1.29, 1.82) is 0 Å². The van der Waals surface area contributed by atoms with Gasteiger partial charge in [-0.2, -0.15) is 0 Å². The van der Waals surface area contributed by atoms with Crippen LogP contribution >= 0.6 is 0 Å². The molecule has 1 aliphatic rings. The van der Waals surface area contributed by atoms with E-state index in [0.29, 0.717) is 5.69 Å². The predicted octanol–water partition coefficient (Wildman–Crippen LogP) is 3.18. The predicted molar refractivity (Wildman–Crippen MR) is 96.1 cm³/mol. The zero-order valence-electron chi connectivity index (χ0n) is 13.6. The first kappa shape index (κ1) is 15.7. The fourth-order valence-corrected chi connectivity index (χ4v) is 2.61. The number of hydrogen-bond donors (Lipinski definition) is 0. The summed E-state index contributed by atoms with van der Waals surface area (Å²) >= 11 is 0. The standard InChI is InChI=1S/C20H18N2O2/c1-21(2)18(16-6-4-3-5-7-16)14-15-8-10-17(11-9-15)22-19(23)12-13-20(22)24/h3-14H,1-2H3. The van der Waals surface area contributed by atoms with Crippen molar-refractivity contribution in [3.05, 3.63) is 77.9 Å². The fraction of sp³-hybridized carbons (Fsp3) is 0.100. The molecule has 2 amide bonds. The smallest absolute Gasteiger partial charge is 0.258 e. The van der Waals surface area contributed by atoms with Crippen LogP contribution in [0, 0.1) is 0 Å². The Labute approximate surface area is 141 Å². The molecule has 1 heterocycles. The minimum atomic E-state index is -0.304. The lowest BCUT2D eigenvalue weighted by molar-refractivity contribution is -0.119. The normalized spacial score (nSPS) is 14.4. The monoisotopic (exact) mass is 318 g/mol. The van der Waals surface area contributed by atoms with Crippen LogP contribution in [0.15, 0.2) is 66.7 Å². The van der Waals surface area contributed by atoms with E-state index in [1.54, 1.807) is 12.1 Å². The molecule has 0 radical (unpaired) electrons. The SMILES string of the molecule is CN(C)C(=Cc1ccc(N2C(=O)C=CC2=O)cc1)c1ccccc1. The molecule has 2 aromatic carbocycles. The van der Waals surface area contributed by atoms with Crippen molar-refractivity contribution < 1.29 is 9.59 Å². The molecule has 0 saturated carbocycles. The summed E-state index contributed by atoms with van der Waals surface area (Å²) in [5.74, 6) is -0.608. The molecule has 0 atom stereocenters. The van der Waals surface area contributed by atoms with Gasteiger partial charge in [-0.05, 0) is 29.3 Å². The van der Waals surface area contributed by atoms with Crippen LogP contribution in [-0.4, -0.2) is 30.8 Å². The van der Waals surface area contributed by atoms with E-state index in [4.69, 9.17) is 0 Å². The van der Waals surface area contributed by atoms with Crippen molar-refractivity contribution in [2.75, 3.05) is 19.0 Å². The molecular weight excluding hydrogens is 300 g/mol. The maximum absolute atomic E-state index is 11.7. The van der Waals surface area contributed by atoms with Gasteiger partial charge >= 0.3 is 0 Å². The molecule has 0 aromatic heterocycles. The van der Waals surface area contributed by atoms with E-state index in [2.05, 4.69) is 23.1 Å². The number of imide groups is 1. The summed E-state index contributed by atoms with van der Waals surface area (Å²) in [6, 6.07) is 17.5. The van der Waals surface area contributed by atoms with Gasteiger partial charge in [-0.25, -0.2) is 4.90 Å². The zero-order chi connectivity index (χ0) is 17.1. The molecule has 2 aromatic rings. The van der Waals surface area contributed by atoms with Gasteiger partial charge in [-0.15, -0.1) is 0 Å². The molecule has 24 heavy (non-hydrogen) atoms. The second-order valence-corrected chi connectivity index (χ2v) is 5.73. The lowest BCUT2D eigenvalue weighted by Gasteiger charge is -2.18.